The molecule has 16 heavy (non-hydrogen) atoms. The molecule has 0 bridgehead atoms. The van der Waals surface area contributed by atoms with Crippen molar-refractivity contribution in [3.8, 4) is 0 Å². The van der Waals surface area contributed by atoms with Gasteiger partial charge in [0, 0.05) is 18.5 Å². The summed E-state index contributed by atoms with van der Waals surface area (Å²) in [6, 6.07) is 7.99. The predicted molar refractivity (Wildman–Crippen MR) is 66.3 cm³/mol. The highest BCUT2D eigenvalue weighted by Gasteiger charge is 2.01. The third-order valence-electron chi connectivity index (χ3n) is 2.27. The maximum Gasteiger partial charge on any atom is 0.190 e. The third kappa shape index (κ3) is 2.76. The molecule has 1 aromatic heterocycles. The molecule has 0 spiro atoms. The van der Waals surface area contributed by atoms with Gasteiger partial charge in [-0.1, -0.05) is 23.9 Å². The summed E-state index contributed by atoms with van der Waals surface area (Å²) in [5.41, 5.74) is 7.73. The SMILES string of the molecule is Cn1cnnc1SCCc1ccc(N)cc1. The Morgan fingerprint density at radius 3 is 2.69 bits per heavy atom. The molecule has 0 atom stereocenters. The Hall–Kier alpha value is -1.49. The summed E-state index contributed by atoms with van der Waals surface area (Å²) in [4.78, 5) is 0. The number of aryl methyl sites for hydroxylation is 2. The highest BCUT2D eigenvalue weighted by molar-refractivity contribution is 7.99. The minimum atomic E-state index is 0.810. The number of nitrogens with two attached hydrogens (primary N) is 1. The fourth-order valence-corrected chi connectivity index (χ4v) is 2.22. The van der Waals surface area contributed by atoms with Crippen LogP contribution in [0.2, 0.25) is 0 Å². The fourth-order valence-electron chi connectivity index (χ4n) is 1.35. The minimum Gasteiger partial charge on any atom is -0.399 e. The van der Waals surface area contributed by atoms with Crippen LogP contribution < -0.4 is 5.73 Å². The first-order valence-electron chi connectivity index (χ1n) is 5.07. The summed E-state index contributed by atoms with van der Waals surface area (Å²) in [5, 5.41) is 8.81. The van der Waals surface area contributed by atoms with E-state index in [1.54, 1.807) is 18.1 Å². The van der Waals surface area contributed by atoms with Gasteiger partial charge in [0.15, 0.2) is 5.16 Å². The Bertz CT molecular complexity index is 449. The number of hydrogen-bond donors (Lipinski definition) is 1. The minimum absolute atomic E-state index is 0.810. The third-order valence-corrected chi connectivity index (χ3v) is 3.31. The van der Waals surface area contributed by atoms with E-state index in [2.05, 4.69) is 22.3 Å². The smallest absolute Gasteiger partial charge is 0.190 e. The maximum absolute atomic E-state index is 5.63. The molecule has 0 saturated heterocycles. The van der Waals surface area contributed by atoms with Crippen LogP contribution in [0, 0.1) is 0 Å². The number of anilines is 1. The van der Waals surface area contributed by atoms with Gasteiger partial charge in [-0.3, -0.25) is 0 Å². The van der Waals surface area contributed by atoms with Crippen LogP contribution in [0.1, 0.15) is 5.56 Å². The maximum atomic E-state index is 5.63. The quantitative estimate of drug-likeness (QED) is 0.646. The average molecular weight is 234 g/mol. The van der Waals surface area contributed by atoms with Crippen molar-refractivity contribution in [3.05, 3.63) is 36.2 Å². The standard InChI is InChI=1S/C11H14N4S/c1-15-8-13-14-11(15)16-7-6-9-2-4-10(12)5-3-9/h2-5,8H,6-7,12H2,1H3. The molecule has 0 amide bonds. The molecule has 0 aliphatic rings. The summed E-state index contributed by atoms with van der Waals surface area (Å²) < 4.78 is 1.92. The molecule has 0 radical (unpaired) electrons. The zero-order valence-corrected chi connectivity index (χ0v) is 9.94. The lowest BCUT2D eigenvalue weighted by atomic mass is 10.2. The van der Waals surface area contributed by atoms with Gasteiger partial charge in [-0.25, -0.2) is 0 Å². The van der Waals surface area contributed by atoms with Gasteiger partial charge in [0.2, 0.25) is 0 Å². The van der Waals surface area contributed by atoms with Gasteiger partial charge in [-0.2, -0.15) is 0 Å². The molecule has 0 aliphatic carbocycles. The molecule has 0 aliphatic heterocycles. The van der Waals surface area contributed by atoms with E-state index in [0.717, 1.165) is 23.0 Å². The van der Waals surface area contributed by atoms with Crippen molar-refractivity contribution in [2.24, 2.45) is 7.05 Å². The van der Waals surface area contributed by atoms with Crippen molar-refractivity contribution in [2.75, 3.05) is 11.5 Å². The summed E-state index contributed by atoms with van der Waals surface area (Å²) in [6.45, 7) is 0. The fraction of sp³-hybridized carbons (Fsp3) is 0.273. The van der Waals surface area contributed by atoms with Crippen LogP contribution in [0.4, 0.5) is 5.69 Å². The molecular weight excluding hydrogens is 220 g/mol. The second-order valence-corrected chi connectivity index (χ2v) is 4.63. The summed E-state index contributed by atoms with van der Waals surface area (Å²) in [5.74, 6) is 0.996. The second-order valence-electron chi connectivity index (χ2n) is 3.56. The first kappa shape index (κ1) is 11.0. The van der Waals surface area contributed by atoms with E-state index in [1.165, 1.54) is 5.56 Å². The van der Waals surface area contributed by atoms with Crippen molar-refractivity contribution in [2.45, 2.75) is 11.6 Å². The van der Waals surface area contributed by atoms with E-state index in [9.17, 15) is 0 Å². The zero-order chi connectivity index (χ0) is 11.4. The normalized spacial score (nSPS) is 10.6. The number of nitrogen functional groups attached to an aromatic ring is 1. The molecule has 2 aromatic rings. The van der Waals surface area contributed by atoms with Gasteiger partial charge >= 0.3 is 0 Å². The Kier molecular flexibility index (Phi) is 3.46. The van der Waals surface area contributed by atoms with Gasteiger partial charge in [0.25, 0.3) is 0 Å². The predicted octanol–water partition coefficient (Wildman–Crippen LogP) is 1.73. The Morgan fingerprint density at radius 1 is 1.31 bits per heavy atom. The largest absolute Gasteiger partial charge is 0.399 e. The molecule has 84 valence electrons. The van der Waals surface area contributed by atoms with Crippen molar-refractivity contribution in [3.63, 3.8) is 0 Å². The van der Waals surface area contributed by atoms with Gasteiger partial charge < -0.3 is 10.3 Å². The molecule has 1 aromatic carbocycles. The van der Waals surface area contributed by atoms with E-state index in [-0.39, 0.29) is 0 Å². The van der Waals surface area contributed by atoms with E-state index in [0.29, 0.717) is 0 Å². The lowest BCUT2D eigenvalue weighted by Gasteiger charge is -2.01. The summed E-state index contributed by atoms with van der Waals surface area (Å²) >= 11 is 1.71. The van der Waals surface area contributed by atoms with Crippen molar-refractivity contribution < 1.29 is 0 Å². The average Bonchev–Trinajstić information content (AvgIpc) is 2.68. The molecule has 5 heteroatoms. The van der Waals surface area contributed by atoms with Crippen LogP contribution in [-0.4, -0.2) is 20.5 Å². The summed E-state index contributed by atoms with van der Waals surface area (Å²) in [7, 11) is 1.95. The summed E-state index contributed by atoms with van der Waals surface area (Å²) in [6.07, 6.45) is 2.73. The molecule has 0 fully saturated rings. The topological polar surface area (TPSA) is 56.7 Å². The van der Waals surface area contributed by atoms with E-state index in [4.69, 9.17) is 5.73 Å². The van der Waals surface area contributed by atoms with Gasteiger partial charge in [0.1, 0.15) is 6.33 Å². The lowest BCUT2D eigenvalue weighted by molar-refractivity contribution is 0.788. The monoisotopic (exact) mass is 234 g/mol. The number of thioether (sulfide) groups is 1. The van der Waals surface area contributed by atoms with Gasteiger partial charge in [0.05, 0.1) is 0 Å². The van der Waals surface area contributed by atoms with Gasteiger partial charge in [-0.05, 0) is 24.1 Å². The number of nitrogens with zero attached hydrogens (tertiary/aromatic N) is 3. The number of hydrogen-bond acceptors (Lipinski definition) is 4. The van der Waals surface area contributed by atoms with Crippen LogP contribution in [0.25, 0.3) is 0 Å². The van der Waals surface area contributed by atoms with Crippen molar-refractivity contribution >= 4 is 17.4 Å². The molecule has 1 heterocycles. The van der Waals surface area contributed by atoms with Crippen LogP contribution in [0.5, 0.6) is 0 Å². The molecule has 0 unspecified atom stereocenters. The van der Waals surface area contributed by atoms with Crippen LogP contribution in [-0.2, 0) is 13.5 Å². The number of rotatable bonds is 4. The van der Waals surface area contributed by atoms with Crippen molar-refractivity contribution in [1.82, 2.24) is 14.8 Å². The Morgan fingerprint density at radius 2 is 2.06 bits per heavy atom. The van der Waals surface area contributed by atoms with E-state index < -0.39 is 0 Å². The van der Waals surface area contributed by atoms with Crippen LogP contribution >= 0.6 is 11.8 Å². The highest BCUT2D eigenvalue weighted by Crippen LogP contribution is 2.16. The first-order valence-corrected chi connectivity index (χ1v) is 6.05. The van der Waals surface area contributed by atoms with E-state index in [1.807, 2.05) is 23.7 Å². The van der Waals surface area contributed by atoms with Crippen molar-refractivity contribution in [1.29, 1.82) is 0 Å². The van der Waals surface area contributed by atoms with E-state index >= 15 is 0 Å². The molecule has 2 N–H and O–H groups in total. The van der Waals surface area contributed by atoms with Crippen LogP contribution in [0.15, 0.2) is 35.7 Å². The van der Waals surface area contributed by atoms with Gasteiger partial charge in [-0.15, -0.1) is 10.2 Å². The first-order chi connectivity index (χ1) is 7.75. The molecule has 0 saturated carbocycles. The second kappa shape index (κ2) is 5.03. The number of aromatic nitrogens is 3. The highest BCUT2D eigenvalue weighted by atomic mass is 32.2. The van der Waals surface area contributed by atoms with Crippen LogP contribution in [0.3, 0.4) is 0 Å². The lowest BCUT2D eigenvalue weighted by Crippen LogP contribution is -1.93. The molecule has 2 rings (SSSR count). The number of benzene rings is 1. The Labute approximate surface area is 98.9 Å². The Balaban J connectivity index is 1.84. The molecule has 4 nitrogen and oxygen atoms in total. The molecular formula is C11H14N4S. The zero-order valence-electron chi connectivity index (χ0n) is 9.13.